The van der Waals surface area contributed by atoms with Gasteiger partial charge >= 0.3 is 0 Å². The molecule has 0 bridgehead atoms. The smallest absolute Gasteiger partial charge is 0.244 e. The first-order valence-corrected chi connectivity index (χ1v) is 11.4. The maximum absolute atomic E-state index is 11.2. The molecule has 7 heteroatoms. The molecule has 3 heterocycles. The third kappa shape index (κ3) is 3.55. The normalized spacial score (nSPS) is 16.5. The first-order chi connectivity index (χ1) is 14.9. The minimum atomic E-state index is -0.470. The number of nitriles is 1. The molecule has 0 radical (unpaired) electrons. The van der Waals surface area contributed by atoms with Crippen LogP contribution in [0.5, 0.6) is 11.6 Å². The second-order valence-corrected chi connectivity index (χ2v) is 11.1. The Morgan fingerprint density at radius 1 is 1.16 bits per heavy atom. The molecule has 0 saturated carbocycles. The predicted octanol–water partition coefficient (Wildman–Crippen LogP) is 5.66. The Morgan fingerprint density at radius 3 is 2.28 bits per heavy atom. The molecule has 0 saturated heterocycles. The second-order valence-electron chi connectivity index (χ2n) is 10.2. The first kappa shape index (κ1) is 22.0. The topological polar surface area (TPSA) is 108 Å². The summed E-state index contributed by atoms with van der Waals surface area (Å²) in [7, 11) is 0. The molecular weight excluding hydrogens is 420 g/mol. The number of nitrogens with two attached hydrogens (primary N) is 1. The van der Waals surface area contributed by atoms with Gasteiger partial charge in [-0.25, -0.2) is 0 Å². The zero-order valence-electron chi connectivity index (χ0n) is 19.2. The van der Waals surface area contributed by atoms with E-state index in [1.807, 2.05) is 29.6 Å². The number of rotatable bonds is 2. The highest BCUT2D eigenvalue weighted by molar-refractivity contribution is 7.13. The van der Waals surface area contributed by atoms with Crippen LogP contribution >= 0.6 is 11.3 Å². The van der Waals surface area contributed by atoms with E-state index >= 15 is 0 Å². The lowest BCUT2D eigenvalue weighted by atomic mass is 9.74. The molecule has 0 spiro atoms. The zero-order chi connectivity index (χ0) is 23.4. The van der Waals surface area contributed by atoms with Crippen LogP contribution in [0.2, 0.25) is 0 Å². The van der Waals surface area contributed by atoms with E-state index < -0.39 is 5.92 Å². The average molecular weight is 449 g/mol. The van der Waals surface area contributed by atoms with E-state index in [0.29, 0.717) is 17.2 Å². The third-order valence-corrected chi connectivity index (χ3v) is 6.68. The summed E-state index contributed by atoms with van der Waals surface area (Å²) in [5.41, 5.74) is 10.0. The lowest BCUT2D eigenvalue weighted by Crippen LogP contribution is -2.23. The molecule has 2 aromatic heterocycles. The number of benzene rings is 1. The molecule has 4 rings (SSSR count). The molecule has 0 unspecified atom stereocenters. The van der Waals surface area contributed by atoms with Crippen LogP contribution in [-0.4, -0.2) is 15.3 Å². The zero-order valence-corrected chi connectivity index (χ0v) is 20.0. The van der Waals surface area contributed by atoms with Crippen LogP contribution in [-0.2, 0) is 10.8 Å². The monoisotopic (exact) mass is 448 g/mol. The second kappa shape index (κ2) is 7.42. The van der Waals surface area contributed by atoms with Gasteiger partial charge in [0, 0.05) is 0 Å². The molecule has 32 heavy (non-hydrogen) atoms. The number of nitrogens with zero attached hydrogens (tertiary/aromatic N) is 2. The minimum Gasteiger partial charge on any atom is -0.507 e. The number of nitrogens with one attached hydrogen (secondary N) is 1. The van der Waals surface area contributed by atoms with Crippen molar-refractivity contribution in [2.45, 2.75) is 58.3 Å². The van der Waals surface area contributed by atoms with Crippen LogP contribution in [0.15, 0.2) is 41.1 Å². The van der Waals surface area contributed by atoms with Crippen LogP contribution < -0.4 is 10.5 Å². The van der Waals surface area contributed by atoms with E-state index in [0.717, 1.165) is 32.8 Å². The quantitative estimate of drug-likeness (QED) is 0.469. The van der Waals surface area contributed by atoms with E-state index in [-0.39, 0.29) is 16.7 Å². The average Bonchev–Trinajstić information content (AvgIpc) is 3.34. The first-order valence-electron chi connectivity index (χ1n) is 10.5. The number of aromatic hydroxyl groups is 1. The Bertz CT molecular complexity index is 1210. The van der Waals surface area contributed by atoms with Gasteiger partial charge in [0.1, 0.15) is 17.4 Å². The largest absolute Gasteiger partial charge is 0.507 e. The fraction of sp³-hybridized carbons (Fsp3) is 0.360. The van der Waals surface area contributed by atoms with E-state index in [1.54, 1.807) is 11.3 Å². The van der Waals surface area contributed by atoms with E-state index in [4.69, 9.17) is 10.5 Å². The van der Waals surface area contributed by atoms with Crippen LogP contribution in [0, 0.1) is 11.3 Å². The highest BCUT2D eigenvalue weighted by Crippen LogP contribution is 2.49. The van der Waals surface area contributed by atoms with Gasteiger partial charge in [0.05, 0.1) is 22.1 Å². The summed E-state index contributed by atoms with van der Waals surface area (Å²) in [6, 6.07) is 10.2. The van der Waals surface area contributed by atoms with Crippen LogP contribution in [0.3, 0.4) is 0 Å². The highest BCUT2D eigenvalue weighted by Gasteiger charge is 2.38. The van der Waals surface area contributed by atoms with Gasteiger partial charge in [-0.1, -0.05) is 59.7 Å². The van der Waals surface area contributed by atoms with Gasteiger partial charge < -0.3 is 15.6 Å². The molecule has 6 nitrogen and oxygen atoms in total. The number of aromatic amines is 1. The van der Waals surface area contributed by atoms with Gasteiger partial charge in [0.25, 0.3) is 0 Å². The highest BCUT2D eigenvalue weighted by atomic mass is 32.1. The summed E-state index contributed by atoms with van der Waals surface area (Å²) in [5, 5.41) is 30.6. The van der Waals surface area contributed by atoms with Crippen molar-refractivity contribution in [1.29, 1.82) is 5.26 Å². The minimum absolute atomic E-state index is 0.0527. The lowest BCUT2D eigenvalue weighted by molar-refractivity contribution is 0.378. The van der Waals surface area contributed by atoms with Gasteiger partial charge in [0.15, 0.2) is 0 Å². The maximum atomic E-state index is 11.2. The summed E-state index contributed by atoms with van der Waals surface area (Å²) < 4.78 is 5.73. The van der Waals surface area contributed by atoms with E-state index in [2.05, 4.69) is 57.8 Å². The molecule has 1 aliphatic rings. The Hall–Kier alpha value is -3.24. The van der Waals surface area contributed by atoms with Crippen molar-refractivity contribution in [3.05, 3.63) is 63.4 Å². The summed E-state index contributed by atoms with van der Waals surface area (Å²) in [6.45, 7) is 12.4. The Labute approximate surface area is 192 Å². The SMILES string of the molecule is CC(C)(C)c1cc([C@H]2C(C#N)=C(N)Oc3n[nH]c(-c4cccs4)c32)cc(C(C)(C)C)c1O. The van der Waals surface area contributed by atoms with Gasteiger partial charge in [0.2, 0.25) is 11.8 Å². The molecule has 4 N–H and O–H groups in total. The number of aromatic nitrogens is 2. The maximum Gasteiger partial charge on any atom is 0.244 e. The van der Waals surface area contributed by atoms with Crippen molar-refractivity contribution in [2.24, 2.45) is 5.73 Å². The number of fused-ring (bicyclic) bond motifs is 1. The van der Waals surface area contributed by atoms with Crippen molar-refractivity contribution in [3.63, 3.8) is 0 Å². The van der Waals surface area contributed by atoms with Crippen LogP contribution in [0.4, 0.5) is 0 Å². The Kier molecular flexibility index (Phi) is 5.09. The van der Waals surface area contributed by atoms with Gasteiger partial charge in [-0.15, -0.1) is 16.4 Å². The fourth-order valence-electron chi connectivity index (χ4n) is 4.15. The summed E-state index contributed by atoms with van der Waals surface area (Å²) in [4.78, 5) is 0.996. The number of phenols is 1. The van der Waals surface area contributed by atoms with Crippen molar-refractivity contribution >= 4 is 11.3 Å². The molecule has 1 aliphatic heterocycles. The molecule has 1 aromatic carbocycles. The van der Waals surface area contributed by atoms with Crippen LogP contribution in [0.1, 0.15) is 69.7 Å². The van der Waals surface area contributed by atoms with E-state index in [9.17, 15) is 10.4 Å². The van der Waals surface area contributed by atoms with Crippen LogP contribution in [0.25, 0.3) is 10.6 Å². The molecule has 166 valence electrons. The molecule has 3 aromatic rings. The number of hydrogen-bond acceptors (Lipinski definition) is 6. The third-order valence-electron chi connectivity index (χ3n) is 5.79. The van der Waals surface area contributed by atoms with Gasteiger partial charge in [-0.05, 0) is 39.0 Å². The fourth-order valence-corrected chi connectivity index (χ4v) is 4.89. The number of H-pyrrole nitrogens is 1. The molecule has 1 atom stereocenters. The number of thiophene rings is 1. The van der Waals surface area contributed by atoms with E-state index in [1.165, 1.54) is 0 Å². The van der Waals surface area contributed by atoms with Crippen molar-refractivity contribution in [2.75, 3.05) is 0 Å². The molecular formula is C25H28N4O2S. The molecule has 0 aliphatic carbocycles. The molecule has 0 amide bonds. The number of hydrogen-bond donors (Lipinski definition) is 3. The summed E-state index contributed by atoms with van der Waals surface area (Å²) in [6.07, 6.45) is 0. The van der Waals surface area contributed by atoms with Crippen molar-refractivity contribution in [1.82, 2.24) is 10.2 Å². The number of ether oxygens (including phenoxy) is 1. The summed E-state index contributed by atoms with van der Waals surface area (Å²) in [5.74, 6) is 0.249. The van der Waals surface area contributed by atoms with Gasteiger partial charge in [-0.2, -0.15) is 5.26 Å². The standard InChI is InChI=1S/C25H28N4O2S/c1-24(2,3)15-10-13(11-16(21(15)30)25(4,5)6)18-14(12-26)22(27)31-23-19(18)20(28-29-23)17-8-7-9-32-17/h7-11,18,30H,27H2,1-6H3,(H,28,29)/t18-/m0/s1. The predicted molar refractivity (Wildman–Crippen MR) is 127 cm³/mol. The van der Waals surface area contributed by atoms with Crippen molar-refractivity contribution < 1.29 is 9.84 Å². The van der Waals surface area contributed by atoms with Gasteiger partial charge in [-0.3, -0.25) is 5.10 Å². The Balaban J connectivity index is 2.05. The summed E-state index contributed by atoms with van der Waals surface area (Å²) >= 11 is 1.58. The Morgan fingerprint density at radius 2 is 1.78 bits per heavy atom. The van der Waals surface area contributed by atoms with Crippen molar-refractivity contribution in [3.8, 4) is 28.3 Å². The molecule has 0 fully saturated rings. The lowest BCUT2D eigenvalue weighted by Gasteiger charge is -2.31. The number of allylic oxidation sites excluding steroid dienone is 1. The number of phenolic OH excluding ortho intramolecular Hbond substituents is 1.